The minimum absolute atomic E-state index is 0.00698. The molecule has 0 saturated heterocycles. The first-order chi connectivity index (χ1) is 13.2. The van der Waals surface area contributed by atoms with Crippen molar-refractivity contribution in [3.05, 3.63) is 36.3 Å². The van der Waals surface area contributed by atoms with Crippen LogP contribution < -0.4 is 5.32 Å². The molecule has 2 N–H and O–H groups in total. The quantitative estimate of drug-likeness (QED) is 0.651. The van der Waals surface area contributed by atoms with E-state index in [1.165, 1.54) is 6.07 Å². The van der Waals surface area contributed by atoms with Gasteiger partial charge >= 0.3 is 0 Å². The molecule has 3 rings (SSSR count). The SMILES string of the molecule is CCC(=O)C[C@@H](Nc1nc(-c2c[nH]c3ncc(F)cc23)ncc1F)C(C)(C)C. The number of hydrogen-bond donors (Lipinski definition) is 2. The van der Waals surface area contributed by atoms with Gasteiger partial charge in [-0.05, 0) is 11.5 Å². The fourth-order valence-corrected chi connectivity index (χ4v) is 2.87. The van der Waals surface area contributed by atoms with Gasteiger partial charge in [-0.25, -0.2) is 23.7 Å². The van der Waals surface area contributed by atoms with Crippen LogP contribution in [0.2, 0.25) is 0 Å². The average Bonchev–Trinajstić information content (AvgIpc) is 3.04. The van der Waals surface area contributed by atoms with Crippen LogP contribution in [0.25, 0.3) is 22.4 Å². The summed E-state index contributed by atoms with van der Waals surface area (Å²) in [4.78, 5) is 27.2. The largest absolute Gasteiger partial charge is 0.364 e. The van der Waals surface area contributed by atoms with Gasteiger partial charge in [0.05, 0.1) is 12.4 Å². The molecule has 1 atom stereocenters. The van der Waals surface area contributed by atoms with E-state index in [1.54, 1.807) is 13.1 Å². The van der Waals surface area contributed by atoms with Crippen molar-refractivity contribution in [3.63, 3.8) is 0 Å². The van der Waals surface area contributed by atoms with Gasteiger partial charge in [-0.3, -0.25) is 4.79 Å². The molecule has 8 heteroatoms. The van der Waals surface area contributed by atoms with Gasteiger partial charge < -0.3 is 10.3 Å². The van der Waals surface area contributed by atoms with E-state index in [1.807, 2.05) is 20.8 Å². The second kappa shape index (κ2) is 7.61. The Kier molecular flexibility index (Phi) is 5.40. The zero-order valence-corrected chi connectivity index (χ0v) is 16.3. The maximum atomic E-state index is 14.4. The van der Waals surface area contributed by atoms with E-state index in [0.717, 1.165) is 12.4 Å². The van der Waals surface area contributed by atoms with E-state index in [4.69, 9.17) is 0 Å². The van der Waals surface area contributed by atoms with Crippen molar-refractivity contribution in [2.45, 2.75) is 46.6 Å². The van der Waals surface area contributed by atoms with Gasteiger partial charge in [-0.1, -0.05) is 27.7 Å². The van der Waals surface area contributed by atoms with Crippen LogP contribution >= 0.6 is 0 Å². The zero-order valence-electron chi connectivity index (χ0n) is 16.3. The predicted octanol–water partition coefficient (Wildman–Crippen LogP) is 4.49. The number of pyridine rings is 1. The predicted molar refractivity (Wildman–Crippen MR) is 104 cm³/mol. The van der Waals surface area contributed by atoms with E-state index in [9.17, 15) is 13.6 Å². The van der Waals surface area contributed by atoms with Crippen molar-refractivity contribution in [1.82, 2.24) is 19.9 Å². The Morgan fingerprint density at radius 3 is 2.68 bits per heavy atom. The van der Waals surface area contributed by atoms with E-state index >= 15 is 0 Å². The van der Waals surface area contributed by atoms with Crippen molar-refractivity contribution in [3.8, 4) is 11.4 Å². The minimum Gasteiger partial charge on any atom is -0.364 e. The molecule has 3 aromatic rings. The fraction of sp³-hybridized carbons (Fsp3) is 0.400. The number of anilines is 1. The number of aromatic nitrogens is 4. The van der Waals surface area contributed by atoms with E-state index < -0.39 is 11.6 Å². The number of rotatable bonds is 6. The van der Waals surface area contributed by atoms with Crippen molar-refractivity contribution >= 4 is 22.6 Å². The summed E-state index contributed by atoms with van der Waals surface area (Å²) in [7, 11) is 0. The van der Waals surface area contributed by atoms with Crippen LogP contribution in [0.15, 0.2) is 24.7 Å². The van der Waals surface area contributed by atoms with E-state index in [0.29, 0.717) is 23.0 Å². The lowest BCUT2D eigenvalue weighted by molar-refractivity contribution is -0.119. The Hall–Kier alpha value is -2.90. The lowest BCUT2D eigenvalue weighted by atomic mass is 9.83. The second-order valence-electron chi connectivity index (χ2n) is 7.80. The fourth-order valence-electron chi connectivity index (χ4n) is 2.87. The van der Waals surface area contributed by atoms with Crippen molar-refractivity contribution in [2.24, 2.45) is 5.41 Å². The summed E-state index contributed by atoms with van der Waals surface area (Å²) < 4.78 is 28.0. The molecule has 0 spiro atoms. The van der Waals surface area contributed by atoms with Gasteiger partial charge in [0, 0.05) is 36.0 Å². The number of H-pyrrole nitrogens is 1. The van der Waals surface area contributed by atoms with Crippen molar-refractivity contribution < 1.29 is 13.6 Å². The van der Waals surface area contributed by atoms with Crippen LogP contribution in [0.4, 0.5) is 14.6 Å². The third-order valence-corrected chi connectivity index (χ3v) is 4.67. The third kappa shape index (κ3) is 4.16. The average molecular weight is 387 g/mol. The lowest BCUT2D eigenvalue weighted by Gasteiger charge is -2.31. The van der Waals surface area contributed by atoms with Crippen LogP contribution in [-0.2, 0) is 4.79 Å². The smallest absolute Gasteiger partial charge is 0.183 e. The van der Waals surface area contributed by atoms with E-state index in [2.05, 4.69) is 25.3 Å². The number of carbonyl (C=O) groups is 1. The Morgan fingerprint density at radius 1 is 1.25 bits per heavy atom. The molecule has 0 saturated carbocycles. The lowest BCUT2D eigenvalue weighted by Crippen LogP contribution is -2.36. The summed E-state index contributed by atoms with van der Waals surface area (Å²) in [6.45, 7) is 7.72. The zero-order chi connectivity index (χ0) is 20.5. The Balaban J connectivity index is 1.98. The Bertz CT molecular complexity index is 1010. The molecule has 0 aliphatic rings. The number of hydrogen-bond acceptors (Lipinski definition) is 5. The van der Waals surface area contributed by atoms with Gasteiger partial charge in [-0.2, -0.15) is 0 Å². The van der Waals surface area contributed by atoms with Gasteiger partial charge in [0.1, 0.15) is 17.2 Å². The van der Waals surface area contributed by atoms with Crippen LogP contribution in [0.1, 0.15) is 40.5 Å². The molecule has 0 radical (unpaired) electrons. The number of carbonyl (C=O) groups excluding carboxylic acids is 1. The molecule has 0 unspecified atom stereocenters. The molecule has 0 aliphatic heterocycles. The highest BCUT2D eigenvalue weighted by atomic mass is 19.1. The first-order valence-electron chi connectivity index (χ1n) is 9.12. The number of nitrogens with one attached hydrogen (secondary N) is 2. The van der Waals surface area contributed by atoms with Gasteiger partial charge in [0.25, 0.3) is 0 Å². The molecule has 3 aromatic heterocycles. The summed E-state index contributed by atoms with van der Waals surface area (Å²) >= 11 is 0. The standard InChI is InChI=1S/C20H23F2N5O/c1-5-12(28)7-16(20(2,3)4)26-19-15(22)10-25-18(27-19)14-9-24-17-13(14)6-11(21)8-23-17/h6,8-10,16H,5,7H2,1-4H3,(H,23,24)(H,25,26,27)/t16-/m1/s1. The molecule has 0 aromatic carbocycles. The molecule has 3 heterocycles. The summed E-state index contributed by atoms with van der Waals surface area (Å²) in [5.41, 5.74) is 0.706. The van der Waals surface area contributed by atoms with Crippen molar-refractivity contribution in [1.29, 1.82) is 0 Å². The monoisotopic (exact) mass is 387 g/mol. The normalized spacial score (nSPS) is 12.9. The summed E-state index contributed by atoms with van der Waals surface area (Å²) in [6.07, 6.45) is 4.47. The van der Waals surface area contributed by atoms with Gasteiger partial charge in [0.15, 0.2) is 17.5 Å². The topological polar surface area (TPSA) is 83.6 Å². The highest BCUT2D eigenvalue weighted by molar-refractivity contribution is 5.91. The van der Waals surface area contributed by atoms with E-state index in [-0.39, 0.29) is 35.3 Å². The van der Waals surface area contributed by atoms with Gasteiger partial charge in [-0.15, -0.1) is 0 Å². The first kappa shape index (κ1) is 19.9. The number of halogens is 2. The number of ketones is 1. The van der Waals surface area contributed by atoms with Crippen LogP contribution in [-0.4, -0.2) is 31.8 Å². The highest BCUT2D eigenvalue weighted by Crippen LogP contribution is 2.29. The summed E-state index contributed by atoms with van der Waals surface area (Å²) in [5, 5.41) is 3.57. The highest BCUT2D eigenvalue weighted by Gasteiger charge is 2.28. The van der Waals surface area contributed by atoms with Crippen LogP contribution in [0.5, 0.6) is 0 Å². The molecule has 0 fully saturated rings. The summed E-state index contributed by atoms with van der Waals surface area (Å²) in [5.74, 6) is -0.782. The molecular weight excluding hydrogens is 364 g/mol. The molecule has 0 bridgehead atoms. The van der Waals surface area contributed by atoms with Crippen molar-refractivity contribution in [2.75, 3.05) is 5.32 Å². The molecular formula is C20H23F2N5O. The second-order valence-corrected chi connectivity index (χ2v) is 7.80. The molecule has 148 valence electrons. The molecule has 0 aliphatic carbocycles. The maximum Gasteiger partial charge on any atom is 0.183 e. The Labute approximate surface area is 161 Å². The summed E-state index contributed by atoms with van der Waals surface area (Å²) in [6, 6.07) is 1.02. The third-order valence-electron chi connectivity index (χ3n) is 4.67. The van der Waals surface area contributed by atoms with Crippen LogP contribution in [0.3, 0.4) is 0 Å². The number of Topliss-reactive ketones (excluding diaryl/α,β-unsaturated/α-hetero) is 1. The van der Waals surface area contributed by atoms with Crippen LogP contribution in [0, 0.1) is 17.0 Å². The molecule has 28 heavy (non-hydrogen) atoms. The molecule has 0 amide bonds. The maximum absolute atomic E-state index is 14.4. The molecule has 6 nitrogen and oxygen atoms in total. The number of fused-ring (bicyclic) bond motifs is 1. The van der Waals surface area contributed by atoms with Gasteiger partial charge in [0.2, 0.25) is 0 Å². The first-order valence-corrected chi connectivity index (χ1v) is 9.12. The number of nitrogens with zero attached hydrogens (tertiary/aromatic N) is 3. The minimum atomic E-state index is -0.619. The Morgan fingerprint density at radius 2 is 2.00 bits per heavy atom. The number of aromatic amines is 1.